The summed E-state index contributed by atoms with van der Waals surface area (Å²) >= 11 is 0. The van der Waals surface area contributed by atoms with Crippen LogP contribution in [-0.4, -0.2) is 20.6 Å². The number of nitrogens with one attached hydrogen (secondary N) is 1. The Morgan fingerprint density at radius 2 is 1.85 bits per heavy atom. The molecule has 0 aliphatic heterocycles. The standard InChI is InChI=1S/C21H25N3O3/c1-13-8-6-9-14(2)16(13)12-22-17-10-7-11-24-15(3)18(23-19(17)24)21(4,5)27-20(25)26/h6-11,22H,12H2,1-5H3,(H,25,26). The molecule has 3 rings (SSSR count). The van der Waals surface area contributed by atoms with Crippen LogP contribution in [0.1, 0.15) is 41.9 Å². The third-order valence-corrected chi connectivity index (χ3v) is 4.90. The number of nitrogens with zero attached hydrogens (tertiary/aromatic N) is 2. The second-order valence-electron chi connectivity index (χ2n) is 7.26. The van der Waals surface area contributed by atoms with E-state index in [1.165, 1.54) is 16.7 Å². The third-order valence-electron chi connectivity index (χ3n) is 4.90. The van der Waals surface area contributed by atoms with Gasteiger partial charge < -0.3 is 19.6 Å². The molecule has 6 nitrogen and oxygen atoms in total. The number of anilines is 1. The minimum absolute atomic E-state index is 0.603. The summed E-state index contributed by atoms with van der Waals surface area (Å²) in [6.07, 6.45) is 0.604. The van der Waals surface area contributed by atoms with Crippen LogP contribution in [0.4, 0.5) is 10.5 Å². The summed E-state index contributed by atoms with van der Waals surface area (Å²) in [5.74, 6) is 0. The molecule has 6 heteroatoms. The van der Waals surface area contributed by atoms with Crippen LogP contribution in [-0.2, 0) is 16.9 Å². The zero-order valence-electron chi connectivity index (χ0n) is 16.3. The molecule has 0 radical (unpaired) electrons. The maximum atomic E-state index is 11.0. The summed E-state index contributed by atoms with van der Waals surface area (Å²) in [5.41, 5.74) is 5.80. The molecule has 0 amide bonds. The number of benzene rings is 1. The summed E-state index contributed by atoms with van der Waals surface area (Å²) in [7, 11) is 0. The Hall–Kier alpha value is -3.02. The van der Waals surface area contributed by atoms with E-state index in [1.807, 2.05) is 29.7 Å². The first-order valence-corrected chi connectivity index (χ1v) is 8.90. The molecule has 0 fully saturated rings. The van der Waals surface area contributed by atoms with E-state index in [0.717, 1.165) is 17.0 Å². The Morgan fingerprint density at radius 3 is 2.48 bits per heavy atom. The van der Waals surface area contributed by atoms with Gasteiger partial charge in [-0.2, -0.15) is 0 Å². The predicted molar refractivity (Wildman–Crippen MR) is 105 cm³/mol. The minimum atomic E-state index is -1.31. The number of aryl methyl sites for hydroxylation is 3. The lowest BCUT2D eigenvalue weighted by atomic mass is 10.0. The van der Waals surface area contributed by atoms with Crippen LogP contribution in [0.5, 0.6) is 0 Å². The van der Waals surface area contributed by atoms with Crippen LogP contribution in [0.25, 0.3) is 5.65 Å². The van der Waals surface area contributed by atoms with Crippen LogP contribution in [0.15, 0.2) is 36.5 Å². The molecule has 0 saturated carbocycles. The Morgan fingerprint density at radius 1 is 1.19 bits per heavy atom. The van der Waals surface area contributed by atoms with E-state index in [9.17, 15) is 4.79 Å². The molecular weight excluding hydrogens is 342 g/mol. The number of fused-ring (bicyclic) bond motifs is 1. The Kier molecular flexibility index (Phi) is 4.83. The molecule has 0 aliphatic rings. The Bertz CT molecular complexity index is 985. The molecule has 2 N–H and O–H groups in total. The van der Waals surface area contributed by atoms with Crippen LogP contribution in [0.3, 0.4) is 0 Å². The van der Waals surface area contributed by atoms with Gasteiger partial charge in [0.15, 0.2) is 11.2 Å². The van der Waals surface area contributed by atoms with Crippen LogP contribution in [0.2, 0.25) is 0 Å². The van der Waals surface area contributed by atoms with E-state index < -0.39 is 11.8 Å². The largest absolute Gasteiger partial charge is 0.506 e. The van der Waals surface area contributed by atoms with Crippen molar-refractivity contribution in [1.29, 1.82) is 0 Å². The quantitative estimate of drug-likeness (QED) is 0.634. The van der Waals surface area contributed by atoms with Crippen molar-refractivity contribution in [1.82, 2.24) is 9.38 Å². The number of ether oxygens (including phenoxy) is 1. The van der Waals surface area contributed by atoms with E-state index in [2.05, 4.69) is 37.4 Å². The van der Waals surface area contributed by atoms with Crippen molar-refractivity contribution in [2.75, 3.05) is 5.32 Å². The SMILES string of the molecule is Cc1cccc(C)c1CNc1cccn2c(C)c(C(C)(C)OC(=O)O)nc12. The molecule has 0 spiro atoms. The van der Waals surface area contributed by atoms with Gasteiger partial charge in [-0.3, -0.25) is 0 Å². The maximum Gasteiger partial charge on any atom is 0.506 e. The fraction of sp³-hybridized carbons (Fsp3) is 0.333. The number of rotatable bonds is 5. The van der Waals surface area contributed by atoms with Gasteiger partial charge in [0.2, 0.25) is 0 Å². The van der Waals surface area contributed by atoms with Crippen LogP contribution >= 0.6 is 0 Å². The molecule has 3 aromatic rings. The Labute approximate surface area is 158 Å². The molecule has 142 valence electrons. The van der Waals surface area contributed by atoms with Gasteiger partial charge >= 0.3 is 6.16 Å². The zero-order valence-corrected chi connectivity index (χ0v) is 16.3. The van der Waals surface area contributed by atoms with Crippen molar-refractivity contribution in [3.05, 3.63) is 64.6 Å². The number of imidazole rings is 1. The average Bonchev–Trinajstić information content (AvgIpc) is 2.92. The summed E-state index contributed by atoms with van der Waals surface area (Å²) in [6.45, 7) is 10.2. The number of carbonyl (C=O) groups is 1. The van der Waals surface area contributed by atoms with Crippen molar-refractivity contribution in [2.24, 2.45) is 0 Å². The second-order valence-corrected chi connectivity index (χ2v) is 7.26. The number of pyridine rings is 1. The van der Waals surface area contributed by atoms with Gasteiger partial charge in [0.05, 0.1) is 5.69 Å². The second kappa shape index (κ2) is 6.95. The molecule has 1 aromatic carbocycles. The minimum Gasteiger partial charge on any atom is -0.450 e. The predicted octanol–water partition coefficient (Wildman–Crippen LogP) is 4.80. The summed E-state index contributed by atoms with van der Waals surface area (Å²) in [6, 6.07) is 10.2. The fourth-order valence-corrected chi connectivity index (χ4v) is 3.47. The lowest BCUT2D eigenvalue weighted by Crippen LogP contribution is -2.26. The van der Waals surface area contributed by atoms with Crippen molar-refractivity contribution in [3.8, 4) is 0 Å². The van der Waals surface area contributed by atoms with Gasteiger partial charge in [-0.25, -0.2) is 9.78 Å². The molecular formula is C21H25N3O3. The zero-order chi connectivity index (χ0) is 19.8. The summed E-state index contributed by atoms with van der Waals surface area (Å²) in [5, 5.41) is 12.5. The third kappa shape index (κ3) is 3.60. The van der Waals surface area contributed by atoms with Crippen molar-refractivity contribution in [2.45, 2.75) is 46.8 Å². The number of hydrogen-bond acceptors (Lipinski definition) is 4. The van der Waals surface area contributed by atoms with Crippen molar-refractivity contribution >= 4 is 17.5 Å². The summed E-state index contributed by atoms with van der Waals surface area (Å²) in [4.78, 5) is 15.7. The molecule has 0 aliphatic carbocycles. The molecule has 2 aromatic heterocycles. The molecule has 0 saturated heterocycles. The fourth-order valence-electron chi connectivity index (χ4n) is 3.47. The monoisotopic (exact) mass is 367 g/mol. The lowest BCUT2D eigenvalue weighted by molar-refractivity contribution is -0.00157. The highest BCUT2D eigenvalue weighted by molar-refractivity contribution is 5.69. The first-order valence-electron chi connectivity index (χ1n) is 8.90. The number of carboxylic acid groups (broad SMARTS) is 1. The smallest absolute Gasteiger partial charge is 0.450 e. The van der Waals surface area contributed by atoms with E-state index in [0.29, 0.717) is 12.2 Å². The molecule has 0 unspecified atom stereocenters. The van der Waals surface area contributed by atoms with Gasteiger partial charge in [-0.15, -0.1) is 0 Å². The molecule has 2 heterocycles. The van der Waals surface area contributed by atoms with Crippen molar-refractivity contribution < 1.29 is 14.6 Å². The number of aromatic nitrogens is 2. The normalized spacial score (nSPS) is 11.6. The van der Waals surface area contributed by atoms with Crippen LogP contribution in [0, 0.1) is 20.8 Å². The van der Waals surface area contributed by atoms with Crippen LogP contribution < -0.4 is 5.32 Å². The van der Waals surface area contributed by atoms with Gasteiger partial charge in [0.1, 0.15) is 5.69 Å². The Balaban J connectivity index is 1.98. The maximum absolute atomic E-state index is 11.0. The average molecular weight is 367 g/mol. The lowest BCUT2D eigenvalue weighted by Gasteiger charge is -2.21. The van der Waals surface area contributed by atoms with Gasteiger partial charge in [0, 0.05) is 18.4 Å². The highest BCUT2D eigenvalue weighted by Crippen LogP contribution is 2.30. The first-order chi connectivity index (χ1) is 12.7. The topological polar surface area (TPSA) is 75.9 Å². The van der Waals surface area contributed by atoms with Gasteiger partial charge in [-0.05, 0) is 63.4 Å². The van der Waals surface area contributed by atoms with Crippen molar-refractivity contribution in [3.63, 3.8) is 0 Å². The van der Waals surface area contributed by atoms with E-state index >= 15 is 0 Å². The van der Waals surface area contributed by atoms with Gasteiger partial charge in [-0.1, -0.05) is 18.2 Å². The van der Waals surface area contributed by atoms with E-state index in [-0.39, 0.29) is 0 Å². The van der Waals surface area contributed by atoms with E-state index in [1.54, 1.807) is 13.8 Å². The first kappa shape index (κ1) is 18.8. The van der Waals surface area contributed by atoms with Gasteiger partial charge in [0.25, 0.3) is 0 Å². The van der Waals surface area contributed by atoms with E-state index in [4.69, 9.17) is 14.8 Å². The molecule has 0 atom stereocenters. The number of hydrogen-bond donors (Lipinski definition) is 2. The molecule has 27 heavy (non-hydrogen) atoms. The molecule has 0 bridgehead atoms. The highest BCUT2D eigenvalue weighted by atomic mass is 16.7. The highest BCUT2D eigenvalue weighted by Gasteiger charge is 2.31. The summed E-state index contributed by atoms with van der Waals surface area (Å²) < 4.78 is 7.01.